The number of urea groups is 1. The van der Waals surface area contributed by atoms with Crippen LogP contribution in [0.4, 0.5) is 18.0 Å². The van der Waals surface area contributed by atoms with Crippen molar-refractivity contribution in [2.75, 3.05) is 13.1 Å². The van der Waals surface area contributed by atoms with E-state index in [4.69, 9.17) is 0 Å². The van der Waals surface area contributed by atoms with Crippen molar-refractivity contribution in [2.45, 2.75) is 58.3 Å². The molecule has 1 atom stereocenters. The standard InChI is InChI=1S/C16H25F3N4O/c1-15(2,3)10-13(16(17,18)19)21-14(24)22-7-4-12(5-8-22)23-9-6-20-11-23/h6,9,11-13H,4-5,7-8,10H2,1-3H3,(H,21,24)/t13-/m0/s1. The summed E-state index contributed by atoms with van der Waals surface area (Å²) in [4.78, 5) is 17.7. The second-order valence-corrected chi connectivity index (χ2v) is 7.54. The molecule has 1 N–H and O–H groups in total. The zero-order chi connectivity index (χ0) is 18.0. The molecule has 0 unspecified atom stereocenters. The minimum Gasteiger partial charge on any atom is -0.334 e. The van der Waals surface area contributed by atoms with E-state index in [1.807, 2.05) is 10.8 Å². The van der Waals surface area contributed by atoms with E-state index in [1.165, 1.54) is 4.90 Å². The lowest BCUT2D eigenvalue weighted by Gasteiger charge is -2.35. The van der Waals surface area contributed by atoms with E-state index in [1.54, 1.807) is 33.3 Å². The van der Waals surface area contributed by atoms with E-state index < -0.39 is 23.7 Å². The Kier molecular flexibility index (Phi) is 5.45. The van der Waals surface area contributed by atoms with Crippen LogP contribution in [0.25, 0.3) is 0 Å². The third kappa shape index (κ3) is 5.14. The Bertz CT molecular complexity index is 529. The summed E-state index contributed by atoms with van der Waals surface area (Å²) >= 11 is 0. The normalized spacial score (nSPS) is 18.5. The number of carbonyl (C=O) groups excluding carboxylic acids is 1. The fraction of sp³-hybridized carbons (Fsp3) is 0.750. The molecular formula is C16H25F3N4O. The molecule has 1 aromatic heterocycles. The molecule has 2 rings (SSSR count). The van der Waals surface area contributed by atoms with Crippen LogP contribution in [0.1, 0.15) is 46.1 Å². The van der Waals surface area contributed by atoms with Gasteiger partial charge in [0, 0.05) is 31.5 Å². The smallest absolute Gasteiger partial charge is 0.334 e. The summed E-state index contributed by atoms with van der Waals surface area (Å²) in [5.41, 5.74) is -0.526. The lowest BCUT2D eigenvalue weighted by molar-refractivity contribution is -0.159. The highest BCUT2D eigenvalue weighted by Gasteiger charge is 2.43. The van der Waals surface area contributed by atoms with Crippen LogP contribution in [0, 0.1) is 5.41 Å². The number of aromatic nitrogens is 2. The first-order valence-corrected chi connectivity index (χ1v) is 8.16. The number of halogens is 3. The number of alkyl halides is 3. The predicted octanol–water partition coefficient (Wildman–Crippen LogP) is 3.60. The van der Waals surface area contributed by atoms with E-state index in [2.05, 4.69) is 10.3 Å². The van der Waals surface area contributed by atoms with Gasteiger partial charge in [-0.3, -0.25) is 0 Å². The molecule has 0 aliphatic carbocycles. The largest absolute Gasteiger partial charge is 0.408 e. The third-order valence-corrected chi connectivity index (χ3v) is 4.21. The van der Waals surface area contributed by atoms with E-state index in [-0.39, 0.29) is 12.5 Å². The molecule has 1 aromatic rings. The highest BCUT2D eigenvalue weighted by atomic mass is 19.4. The van der Waals surface area contributed by atoms with E-state index in [0.717, 1.165) is 0 Å². The van der Waals surface area contributed by atoms with Gasteiger partial charge in [-0.15, -0.1) is 0 Å². The van der Waals surface area contributed by atoms with Gasteiger partial charge in [-0.05, 0) is 24.7 Å². The Hall–Kier alpha value is -1.73. The highest BCUT2D eigenvalue weighted by molar-refractivity contribution is 5.74. The number of carbonyl (C=O) groups is 1. The van der Waals surface area contributed by atoms with Crippen LogP contribution in [-0.4, -0.2) is 45.8 Å². The van der Waals surface area contributed by atoms with Crippen LogP contribution < -0.4 is 5.32 Å². The SMILES string of the molecule is CC(C)(C)C[C@H](NC(=O)N1CCC(n2ccnc2)CC1)C(F)(F)F. The van der Waals surface area contributed by atoms with Gasteiger partial charge in [-0.25, -0.2) is 9.78 Å². The molecular weight excluding hydrogens is 321 g/mol. The van der Waals surface area contributed by atoms with Crippen LogP contribution in [0.5, 0.6) is 0 Å². The maximum Gasteiger partial charge on any atom is 0.408 e. The number of amides is 2. The van der Waals surface area contributed by atoms with Gasteiger partial charge in [0.1, 0.15) is 6.04 Å². The molecule has 1 fully saturated rings. The lowest BCUT2D eigenvalue weighted by atomic mass is 9.88. The summed E-state index contributed by atoms with van der Waals surface area (Å²) in [6, 6.07) is -2.22. The minimum absolute atomic E-state index is 0.145. The molecule has 8 heteroatoms. The second kappa shape index (κ2) is 7.03. The first kappa shape index (κ1) is 18.6. The highest BCUT2D eigenvalue weighted by Crippen LogP contribution is 2.31. The number of nitrogens with zero attached hydrogens (tertiary/aromatic N) is 3. The van der Waals surface area contributed by atoms with Crippen LogP contribution in [0.15, 0.2) is 18.7 Å². The Labute approximate surface area is 140 Å². The van der Waals surface area contributed by atoms with Crippen molar-refractivity contribution in [1.29, 1.82) is 0 Å². The van der Waals surface area contributed by atoms with Gasteiger partial charge in [0.05, 0.1) is 6.33 Å². The molecule has 1 aliphatic rings. The summed E-state index contributed by atoms with van der Waals surface area (Å²) < 4.78 is 41.5. The summed E-state index contributed by atoms with van der Waals surface area (Å²) in [7, 11) is 0. The fourth-order valence-corrected chi connectivity index (χ4v) is 2.95. The topological polar surface area (TPSA) is 50.2 Å². The molecule has 0 spiro atoms. The van der Waals surface area contributed by atoms with Crippen LogP contribution in [0.3, 0.4) is 0 Å². The Morgan fingerprint density at radius 2 is 1.92 bits per heavy atom. The van der Waals surface area contributed by atoms with Crippen LogP contribution in [-0.2, 0) is 0 Å². The number of hydrogen-bond acceptors (Lipinski definition) is 2. The van der Waals surface area contributed by atoms with Crippen LogP contribution >= 0.6 is 0 Å². The number of imidazole rings is 1. The van der Waals surface area contributed by atoms with Gasteiger partial charge in [-0.2, -0.15) is 13.2 Å². The third-order valence-electron chi connectivity index (χ3n) is 4.21. The molecule has 1 saturated heterocycles. The van der Waals surface area contributed by atoms with Crippen molar-refractivity contribution in [3.05, 3.63) is 18.7 Å². The van der Waals surface area contributed by atoms with E-state index >= 15 is 0 Å². The average molecular weight is 346 g/mol. The summed E-state index contributed by atoms with van der Waals surface area (Å²) in [6.45, 7) is 6.07. The molecule has 0 aromatic carbocycles. The summed E-state index contributed by atoms with van der Waals surface area (Å²) in [5, 5.41) is 2.18. The maximum absolute atomic E-state index is 13.2. The first-order valence-electron chi connectivity index (χ1n) is 8.16. The predicted molar refractivity (Wildman–Crippen MR) is 84.5 cm³/mol. The van der Waals surface area contributed by atoms with Gasteiger partial charge in [0.2, 0.25) is 0 Å². The molecule has 2 amide bonds. The van der Waals surface area contributed by atoms with Crippen LogP contribution in [0.2, 0.25) is 0 Å². The number of nitrogens with one attached hydrogen (secondary N) is 1. The monoisotopic (exact) mass is 346 g/mol. The number of likely N-dealkylation sites (tertiary alicyclic amines) is 1. The second-order valence-electron chi connectivity index (χ2n) is 7.54. The van der Waals surface area contributed by atoms with Crippen molar-refractivity contribution < 1.29 is 18.0 Å². The van der Waals surface area contributed by atoms with Crippen molar-refractivity contribution >= 4 is 6.03 Å². The Morgan fingerprint density at radius 3 is 2.38 bits per heavy atom. The molecule has 136 valence electrons. The van der Waals surface area contributed by atoms with Crippen molar-refractivity contribution in [2.24, 2.45) is 5.41 Å². The molecule has 1 aliphatic heterocycles. The van der Waals surface area contributed by atoms with Gasteiger partial charge in [-0.1, -0.05) is 20.8 Å². The zero-order valence-electron chi connectivity index (χ0n) is 14.3. The average Bonchev–Trinajstić information content (AvgIpc) is 2.98. The van der Waals surface area contributed by atoms with E-state index in [9.17, 15) is 18.0 Å². The quantitative estimate of drug-likeness (QED) is 0.909. The number of hydrogen-bond donors (Lipinski definition) is 1. The summed E-state index contributed by atoms with van der Waals surface area (Å²) in [6.07, 6.45) is 2.11. The maximum atomic E-state index is 13.2. The van der Waals surface area contributed by atoms with Gasteiger partial charge >= 0.3 is 12.2 Å². The molecule has 0 radical (unpaired) electrons. The molecule has 2 heterocycles. The molecule has 0 saturated carbocycles. The molecule has 0 bridgehead atoms. The Morgan fingerprint density at radius 1 is 1.29 bits per heavy atom. The Balaban J connectivity index is 1.91. The van der Waals surface area contributed by atoms with E-state index in [0.29, 0.717) is 25.9 Å². The fourth-order valence-electron chi connectivity index (χ4n) is 2.95. The number of piperidine rings is 1. The van der Waals surface area contributed by atoms with Crippen molar-refractivity contribution in [3.8, 4) is 0 Å². The van der Waals surface area contributed by atoms with Crippen molar-refractivity contribution in [3.63, 3.8) is 0 Å². The lowest BCUT2D eigenvalue weighted by Crippen LogP contribution is -2.53. The summed E-state index contributed by atoms with van der Waals surface area (Å²) in [5.74, 6) is 0. The number of rotatable bonds is 3. The van der Waals surface area contributed by atoms with Gasteiger partial charge < -0.3 is 14.8 Å². The zero-order valence-corrected chi connectivity index (χ0v) is 14.3. The molecule has 5 nitrogen and oxygen atoms in total. The van der Waals surface area contributed by atoms with Crippen molar-refractivity contribution in [1.82, 2.24) is 19.8 Å². The van der Waals surface area contributed by atoms with Gasteiger partial charge in [0.15, 0.2) is 0 Å². The van der Waals surface area contributed by atoms with Gasteiger partial charge in [0.25, 0.3) is 0 Å². The first-order chi connectivity index (χ1) is 11.1. The minimum atomic E-state index is -4.45. The molecule has 24 heavy (non-hydrogen) atoms.